The van der Waals surface area contributed by atoms with Gasteiger partial charge in [0.15, 0.2) is 5.84 Å². The number of nitrogens with zero attached hydrogens (tertiary/aromatic N) is 3. The van der Waals surface area contributed by atoms with Crippen LogP contribution >= 0.6 is 0 Å². The number of non-ortho nitro benzene ring substituents is 2. The van der Waals surface area contributed by atoms with Gasteiger partial charge in [0.05, 0.1) is 15.5 Å². The fourth-order valence-corrected chi connectivity index (χ4v) is 3.28. The summed E-state index contributed by atoms with van der Waals surface area (Å²) in [6.45, 7) is 4.00. The maximum Gasteiger partial charge on any atom is 0.286 e. The largest absolute Gasteiger partial charge is 0.338 e. The zero-order valence-corrected chi connectivity index (χ0v) is 14.6. The summed E-state index contributed by atoms with van der Waals surface area (Å²) < 4.78 is 28.1. The Labute approximate surface area is 148 Å². The second-order valence-electron chi connectivity index (χ2n) is 4.78. The number of hydrogen-bond acceptors (Lipinski definition) is 7. The molecule has 1 aliphatic heterocycles. The van der Waals surface area contributed by atoms with E-state index in [0.717, 1.165) is 6.07 Å². The van der Waals surface area contributed by atoms with E-state index in [-0.39, 0.29) is 27.8 Å². The molecule has 10 nitrogen and oxygen atoms in total. The van der Waals surface area contributed by atoms with E-state index in [4.69, 9.17) is 0 Å². The van der Waals surface area contributed by atoms with E-state index in [9.17, 15) is 28.6 Å². The van der Waals surface area contributed by atoms with Crippen molar-refractivity contribution in [3.05, 3.63) is 68.3 Å². The first-order valence-corrected chi connectivity index (χ1v) is 8.87. The van der Waals surface area contributed by atoms with E-state index >= 15 is 0 Å². The van der Waals surface area contributed by atoms with Crippen molar-refractivity contribution in [3.8, 4) is 0 Å². The molecule has 0 spiro atoms. The Morgan fingerprint density at radius 1 is 0.923 bits per heavy atom. The Hall–Kier alpha value is -3.34. The predicted molar refractivity (Wildman–Crippen MR) is 94.9 cm³/mol. The van der Waals surface area contributed by atoms with Crippen LogP contribution < -0.4 is 5.32 Å². The molecule has 1 heterocycles. The van der Waals surface area contributed by atoms with Gasteiger partial charge in [-0.2, -0.15) is 8.42 Å². The molecule has 0 saturated heterocycles. The number of rotatable bonds is 3. The lowest BCUT2D eigenvalue weighted by Gasteiger charge is -2.17. The summed E-state index contributed by atoms with van der Waals surface area (Å²) in [5.74, 6) is -0.0220. The van der Waals surface area contributed by atoms with Gasteiger partial charge in [0.2, 0.25) is 0 Å². The summed E-state index contributed by atoms with van der Waals surface area (Å²) in [6, 6.07) is 8.51. The highest BCUT2D eigenvalue weighted by Crippen LogP contribution is 2.31. The van der Waals surface area contributed by atoms with E-state index in [1.165, 1.54) is 36.4 Å². The standard InChI is InChI=1S/C13H8N4O6S.C2H6/c18-16(19)9-3-1-8(2-4-9)13-14-11-6-5-10(17(20)21)7-12(11)24(22,23)15-13;1-2/h1-7H,(H,14,15);1-2H3. The minimum absolute atomic E-state index is 0.0220. The van der Waals surface area contributed by atoms with Crippen molar-refractivity contribution in [2.24, 2.45) is 4.40 Å². The molecule has 136 valence electrons. The molecule has 1 aliphatic rings. The molecule has 26 heavy (non-hydrogen) atoms. The monoisotopic (exact) mass is 378 g/mol. The van der Waals surface area contributed by atoms with Crippen molar-refractivity contribution in [3.63, 3.8) is 0 Å². The van der Waals surface area contributed by atoms with Gasteiger partial charge in [-0.3, -0.25) is 20.2 Å². The number of amidine groups is 1. The molecular formula is C15H14N4O6S. The first kappa shape index (κ1) is 19.0. The lowest BCUT2D eigenvalue weighted by atomic mass is 10.2. The molecule has 0 amide bonds. The van der Waals surface area contributed by atoms with Gasteiger partial charge in [-0.05, 0) is 18.2 Å². The second-order valence-corrected chi connectivity index (χ2v) is 6.35. The highest BCUT2D eigenvalue weighted by atomic mass is 32.2. The molecule has 0 aromatic heterocycles. The molecule has 0 fully saturated rings. The van der Waals surface area contributed by atoms with Gasteiger partial charge in [0.25, 0.3) is 21.4 Å². The summed E-state index contributed by atoms with van der Waals surface area (Å²) in [5, 5.41) is 24.2. The van der Waals surface area contributed by atoms with Crippen molar-refractivity contribution in [2.45, 2.75) is 18.7 Å². The number of nitro benzene ring substituents is 2. The molecule has 1 N–H and O–H groups in total. The zero-order chi connectivity index (χ0) is 19.5. The first-order chi connectivity index (χ1) is 12.3. The Balaban J connectivity index is 0.00000117. The SMILES string of the molecule is CC.O=[N+]([O-])c1ccc(C2=NS(=O)(=O)c3cc([N+](=O)[O-])ccc3N2)cc1. The number of nitrogens with one attached hydrogen (secondary N) is 1. The van der Waals surface area contributed by atoms with E-state index in [0.29, 0.717) is 5.56 Å². The maximum atomic E-state index is 12.2. The molecule has 0 aliphatic carbocycles. The van der Waals surface area contributed by atoms with Crippen molar-refractivity contribution < 1.29 is 18.3 Å². The minimum atomic E-state index is -4.13. The van der Waals surface area contributed by atoms with Gasteiger partial charge in [0, 0.05) is 29.8 Å². The van der Waals surface area contributed by atoms with Gasteiger partial charge >= 0.3 is 0 Å². The lowest BCUT2D eigenvalue weighted by molar-refractivity contribution is -0.385. The molecule has 0 bridgehead atoms. The number of sulfonamides is 1. The quantitative estimate of drug-likeness (QED) is 0.638. The average molecular weight is 378 g/mol. The number of benzene rings is 2. The summed E-state index contributed by atoms with van der Waals surface area (Å²) in [4.78, 5) is 19.8. The minimum Gasteiger partial charge on any atom is -0.338 e. The van der Waals surface area contributed by atoms with E-state index in [1.807, 2.05) is 13.8 Å². The normalized spacial score (nSPS) is 14.0. The van der Waals surface area contributed by atoms with Crippen LogP contribution in [0.15, 0.2) is 51.8 Å². The van der Waals surface area contributed by atoms with Gasteiger partial charge in [-0.15, -0.1) is 4.40 Å². The number of fused-ring (bicyclic) bond motifs is 1. The summed E-state index contributed by atoms with van der Waals surface area (Å²) in [7, 11) is -4.13. The molecule has 0 saturated carbocycles. The molecule has 2 aromatic rings. The number of nitro groups is 2. The Bertz CT molecular complexity index is 999. The van der Waals surface area contributed by atoms with Crippen molar-refractivity contribution in [2.75, 3.05) is 5.32 Å². The van der Waals surface area contributed by atoms with Gasteiger partial charge < -0.3 is 5.32 Å². The van der Waals surface area contributed by atoms with Gasteiger partial charge in [0.1, 0.15) is 4.90 Å². The summed E-state index contributed by atoms with van der Waals surface area (Å²) in [5.41, 5.74) is -0.0423. The maximum absolute atomic E-state index is 12.2. The third-order valence-corrected chi connectivity index (χ3v) is 4.59. The highest BCUT2D eigenvalue weighted by molar-refractivity contribution is 7.90. The Morgan fingerprint density at radius 2 is 1.46 bits per heavy atom. The van der Waals surface area contributed by atoms with Crippen LogP contribution in [0.2, 0.25) is 0 Å². The Kier molecular flexibility index (Phi) is 5.31. The van der Waals surface area contributed by atoms with Crippen molar-refractivity contribution >= 4 is 32.9 Å². The van der Waals surface area contributed by atoms with Gasteiger partial charge in [-0.25, -0.2) is 0 Å². The zero-order valence-electron chi connectivity index (χ0n) is 13.7. The van der Waals surface area contributed by atoms with Crippen LogP contribution in [0.4, 0.5) is 17.1 Å². The molecule has 2 aromatic carbocycles. The van der Waals surface area contributed by atoms with Crippen LogP contribution in [0.3, 0.4) is 0 Å². The smallest absolute Gasteiger partial charge is 0.286 e. The fourth-order valence-electron chi connectivity index (χ4n) is 2.13. The highest BCUT2D eigenvalue weighted by Gasteiger charge is 2.28. The first-order valence-electron chi connectivity index (χ1n) is 7.43. The summed E-state index contributed by atoms with van der Waals surface area (Å²) in [6.07, 6.45) is 0. The molecule has 0 atom stereocenters. The van der Waals surface area contributed by atoms with Crippen molar-refractivity contribution in [1.29, 1.82) is 0 Å². The molecule has 3 rings (SSSR count). The van der Waals surface area contributed by atoms with Crippen LogP contribution in [0.25, 0.3) is 0 Å². The van der Waals surface area contributed by atoms with Crippen LogP contribution in [0.1, 0.15) is 19.4 Å². The third-order valence-electron chi connectivity index (χ3n) is 3.27. The number of hydrogen-bond donors (Lipinski definition) is 1. The van der Waals surface area contributed by atoms with E-state index in [1.54, 1.807) is 0 Å². The van der Waals surface area contributed by atoms with E-state index < -0.39 is 19.9 Å². The Morgan fingerprint density at radius 3 is 2.00 bits per heavy atom. The second kappa shape index (κ2) is 7.27. The summed E-state index contributed by atoms with van der Waals surface area (Å²) >= 11 is 0. The lowest BCUT2D eigenvalue weighted by Crippen LogP contribution is -2.22. The molecular weight excluding hydrogens is 364 g/mol. The van der Waals surface area contributed by atoms with E-state index in [2.05, 4.69) is 9.71 Å². The van der Waals surface area contributed by atoms with Gasteiger partial charge in [-0.1, -0.05) is 13.8 Å². The van der Waals surface area contributed by atoms with Crippen LogP contribution in [0, 0.1) is 20.2 Å². The molecule has 0 unspecified atom stereocenters. The third kappa shape index (κ3) is 3.67. The van der Waals surface area contributed by atoms with Crippen molar-refractivity contribution in [1.82, 2.24) is 0 Å². The topological polar surface area (TPSA) is 145 Å². The van der Waals surface area contributed by atoms with Crippen LogP contribution in [-0.2, 0) is 10.0 Å². The predicted octanol–water partition coefficient (Wildman–Crippen LogP) is 3.09. The molecule has 0 radical (unpaired) electrons. The number of anilines is 1. The molecule has 11 heteroatoms. The van der Waals surface area contributed by atoms with Crippen LogP contribution in [0.5, 0.6) is 0 Å². The average Bonchev–Trinajstić information content (AvgIpc) is 2.62. The fraction of sp³-hybridized carbons (Fsp3) is 0.133. The van der Waals surface area contributed by atoms with Crippen LogP contribution in [-0.4, -0.2) is 24.1 Å².